The van der Waals surface area contributed by atoms with Gasteiger partial charge < -0.3 is 14.7 Å². The first-order valence-corrected chi connectivity index (χ1v) is 8.28. The Morgan fingerprint density at radius 1 is 1.22 bits per heavy atom. The lowest BCUT2D eigenvalue weighted by Crippen LogP contribution is -2.23. The van der Waals surface area contributed by atoms with E-state index in [0.29, 0.717) is 24.2 Å². The highest BCUT2D eigenvalue weighted by molar-refractivity contribution is 5.95. The second kappa shape index (κ2) is 4.89. The molecule has 3 aliphatic rings. The molecular weight excluding hydrogens is 292 g/mol. The van der Waals surface area contributed by atoms with E-state index in [2.05, 4.69) is 15.5 Å². The minimum absolute atomic E-state index is 0.200. The van der Waals surface area contributed by atoms with Crippen LogP contribution in [0, 0.1) is 5.92 Å². The van der Waals surface area contributed by atoms with Gasteiger partial charge >= 0.3 is 0 Å². The van der Waals surface area contributed by atoms with Crippen molar-refractivity contribution >= 4 is 11.6 Å². The average molecular weight is 310 g/mol. The minimum Gasteiger partial charge on any atom is -0.337 e. The first kappa shape index (κ1) is 13.2. The Hall–Kier alpha value is -2.21. The Bertz CT molecular complexity index is 744. The molecule has 0 radical (unpaired) electrons. The number of nitrogens with one attached hydrogen (secondary N) is 1. The summed E-state index contributed by atoms with van der Waals surface area (Å²) in [6.45, 7) is 0.806. The highest BCUT2D eigenvalue weighted by Gasteiger charge is 2.47. The number of nitrogens with zero attached hydrogens (tertiary/aromatic N) is 3. The average Bonchev–Trinajstić information content (AvgIpc) is 3.01. The molecule has 0 bridgehead atoms. The number of amides is 1. The van der Waals surface area contributed by atoms with Crippen LogP contribution in [0.1, 0.15) is 37.6 Å². The number of carbonyl (C=O) groups is 1. The van der Waals surface area contributed by atoms with Gasteiger partial charge in [0.25, 0.3) is 0 Å². The summed E-state index contributed by atoms with van der Waals surface area (Å²) >= 11 is 0. The van der Waals surface area contributed by atoms with Crippen LogP contribution in [0.15, 0.2) is 28.8 Å². The Morgan fingerprint density at radius 2 is 2.09 bits per heavy atom. The van der Waals surface area contributed by atoms with E-state index < -0.39 is 0 Å². The van der Waals surface area contributed by atoms with E-state index in [1.807, 2.05) is 29.2 Å². The number of hydrogen-bond donors (Lipinski definition) is 1. The number of aromatic nitrogens is 2. The molecule has 0 spiro atoms. The zero-order valence-electron chi connectivity index (χ0n) is 12.7. The first-order valence-electron chi connectivity index (χ1n) is 8.28. The van der Waals surface area contributed by atoms with Gasteiger partial charge in [-0.05, 0) is 49.4 Å². The fourth-order valence-electron chi connectivity index (χ4n) is 3.72. The van der Waals surface area contributed by atoms with Gasteiger partial charge in [-0.3, -0.25) is 4.79 Å². The van der Waals surface area contributed by atoms with Crippen molar-refractivity contribution in [3.63, 3.8) is 0 Å². The van der Waals surface area contributed by atoms with Crippen molar-refractivity contribution in [3.8, 4) is 11.4 Å². The summed E-state index contributed by atoms with van der Waals surface area (Å²) < 4.78 is 5.43. The van der Waals surface area contributed by atoms with E-state index in [0.717, 1.165) is 36.6 Å². The topological polar surface area (TPSA) is 71.3 Å². The predicted octanol–water partition coefficient (Wildman–Crippen LogP) is 2.29. The largest absolute Gasteiger partial charge is 0.337 e. The third kappa shape index (κ3) is 2.25. The van der Waals surface area contributed by atoms with Crippen LogP contribution in [0.5, 0.6) is 0 Å². The molecule has 1 aromatic carbocycles. The molecule has 1 saturated carbocycles. The summed E-state index contributed by atoms with van der Waals surface area (Å²) in [4.78, 5) is 18.2. The number of hydrogen-bond acceptors (Lipinski definition) is 5. The molecule has 6 heteroatoms. The van der Waals surface area contributed by atoms with E-state index in [4.69, 9.17) is 4.52 Å². The normalized spacial score (nSPS) is 29.1. The van der Waals surface area contributed by atoms with Gasteiger partial charge in [0.15, 0.2) is 0 Å². The van der Waals surface area contributed by atoms with Crippen LogP contribution in [-0.2, 0) is 4.79 Å². The molecule has 1 amide bonds. The summed E-state index contributed by atoms with van der Waals surface area (Å²) in [6, 6.07) is 8.69. The fraction of sp³-hybridized carbons (Fsp3) is 0.471. The Labute approximate surface area is 133 Å². The molecule has 23 heavy (non-hydrogen) atoms. The molecule has 1 aliphatic carbocycles. The Balaban J connectivity index is 1.35. The van der Waals surface area contributed by atoms with Gasteiger partial charge in [0, 0.05) is 30.3 Å². The van der Waals surface area contributed by atoms with E-state index in [1.165, 1.54) is 6.42 Å². The van der Waals surface area contributed by atoms with Crippen LogP contribution in [0.2, 0.25) is 0 Å². The minimum atomic E-state index is 0.200. The van der Waals surface area contributed by atoms with Gasteiger partial charge in [-0.2, -0.15) is 4.98 Å². The van der Waals surface area contributed by atoms with E-state index in [9.17, 15) is 4.79 Å². The first-order chi connectivity index (χ1) is 11.3. The van der Waals surface area contributed by atoms with Gasteiger partial charge in [0.1, 0.15) is 0 Å². The molecule has 2 saturated heterocycles. The summed E-state index contributed by atoms with van der Waals surface area (Å²) in [6.07, 6.45) is 3.97. The van der Waals surface area contributed by atoms with Crippen LogP contribution in [-0.4, -0.2) is 28.6 Å². The zero-order chi connectivity index (χ0) is 15.4. The second-order valence-corrected chi connectivity index (χ2v) is 6.71. The summed E-state index contributed by atoms with van der Waals surface area (Å²) in [5.74, 6) is 2.30. The molecule has 1 aromatic heterocycles. The van der Waals surface area contributed by atoms with Crippen LogP contribution in [0.3, 0.4) is 0 Å². The predicted molar refractivity (Wildman–Crippen MR) is 83.7 cm³/mol. The van der Waals surface area contributed by atoms with Crippen LogP contribution in [0.4, 0.5) is 5.69 Å². The molecule has 0 unspecified atom stereocenters. The standard InChI is InChI=1S/C17H18N4O2/c22-15-2-1-7-21(15)12-5-3-10(4-6-12)16-19-17(23-20-16)14-9-11-8-13(11)18-14/h3-6,11,13-14,18H,1-2,7-9H2/t11-,13-,14+/m1/s1. The zero-order valence-corrected chi connectivity index (χ0v) is 12.7. The molecule has 5 rings (SSSR count). The van der Waals surface area contributed by atoms with Gasteiger partial charge in [0.05, 0.1) is 6.04 Å². The molecule has 118 valence electrons. The smallest absolute Gasteiger partial charge is 0.244 e. The Morgan fingerprint density at radius 3 is 2.78 bits per heavy atom. The van der Waals surface area contributed by atoms with Crippen LogP contribution >= 0.6 is 0 Å². The monoisotopic (exact) mass is 310 g/mol. The molecule has 6 nitrogen and oxygen atoms in total. The SMILES string of the molecule is O=C1CCCN1c1ccc(-c2noc([C@@H]3C[C@H]4C[C@H]4N3)n2)cc1. The van der Waals surface area contributed by atoms with Crippen molar-refractivity contribution in [1.82, 2.24) is 15.5 Å². The third-order valence-electron chi connectivity index (χ3n) is 5.13. The molecular formula is C17H18N4O2. The summed E-state index contributed by atoms with van der Waals surface area (Å²) in [5.41, 5.74) is 1.86. The van der Waals surface area contributed by atoms with Crippen molar-refractivity contribution in [2.24, 2.45) is 5.92 Å². The van der Waals surface area contributed by atoms with Crippen molar-refractivity contribution in [2.75, 3.05) is 11.4 Å². The maximum atomic E-state index is 11.8. The number of anilines is 1. The Kier molecular flexibility index (Phi) is 2.82. The van der Waals surface area contributed by atoms with Gasteiger partial charge in [-0.1, -0.05) is 5.16 Å². The maximum absolute atomic E-state index is 11.8. The second-order valence-electron chi connectivity index (χ2n) is 6.71. The molecule has 3 fully saturated rings. The van der Waals surface area contributed by atoms with Crippen molar-refractivity contribution in [2.45, 2.75) is 37.8 Å². The highest BCUT2D eigenvalue weighted by Crippen LogP contribution is 2.45. The molecule has 3 heterocycles. The highest BCUT2D eigenvalue weighted by atomic mass is 16.5. The number of fused-ring (bicyclic) bond motifs is 1. The van der Waals surface area contributed by atoms with E-state index in [1.54, 1.807) is 0 Å². The molecule has 2 aromatic rings. The summed E-state index contributed by atoms with van der Waals surface area (Å²) in [7, 11) is 0. The number of carbonyl (C=O) groups excluding carboxylic acids is 1. The van der Waals surface area contributed by atoms with Crippen molar-refractivity contribution in [1.29, 1.82) is 0 Å². The van der Waals surface area contributed by atoms with Crippen LogP contribution < -0.4 is 10.2 Å². The van der Waals surface area contributed by atoms with E-state index >= 15 is 0 Å². The van der Waals surface area contributed by atoms with E-state index in [-0.39, 0.29) is 11.9 Å². The van der Waals surface area contributed by atoms with Gasteiger partial charge in [-0.15, -0.1) is 0 Å². The van der Waals surface area contributed by atoms with Gasteiger partial charge in [0.2, 0.25) is 17.6 Å². The number of rotatable bonds is 3. The number of piperidine rings is 1. The number of benzene rings is 1. The van der Waals surface area contributed by atoms with Crippen molar-refractivity contribution in [3.05, 3.63) is 30.2 Å². The fourth-order valence-corrected chi connectivity index (χ4v) is 3.72. The lowest BCUT2D eigenvalue weighted by Gasteiger charge is -2.15. The molecule has 3 atom stereocenters. The molecule has 2 aliphatic heterocycles. The quantitative estimate of drug-likeness (QED) is 0.942. The lowest BCUT2D eigenvalue weighted by atomic mass is 10.1. The molecule has 1 N–H and O–H groups in total. The summed E-state index contributed by atoms with van der Waals surface area (Å²) in [5, 5.41) is 7.63. The maximum Gasteiger partial charge on any atom is 0.244 e. The lowest BCUT2D eigenvalue weighted by molar-refractivity contribution is -0.117. The third-order valence-corrected chi connectivity index (χ3v) is 5.13. The van der Waals surface area contributed by atoms with Crippen LogP contribution in [0.25, 0.3) is 11.4 Å². The van der Waals surface area contributed by atoms with Crippen molar-refractivity contribution < 1.29 is 9.32 Å². The van der Waals surface area contributed by atoms with Gasteiger partial charge in [-0.25, -0.2) is 0 Å².